The summed E-state index contributed by atoms with van der Waals surface area (Å²) < 4.78 is 5.93. The molecule has 1 N–H and O–H groups in total. The third-order valence-electron chi connectivity index (χ3n) is 2.60. The maximum atomic E-state index is 11.0. The first-order chi connectivity index (χ1) is 9.99. The fourth-order valence-corrected chi connectivity index (χ4v) is 2.07. The largest absolute Gasteiger partial charge is 0.486 e. The topological polar surface area (TPSA) is 103 Å². The van der Waals surface area contributed by atoms with Crippen LogP contribution in [0, 0.1) is 10.1 Å². The number of ether oxygens (including phenoxy) is 1. The molecule has 0 saturated heterocycles. The summed E-state index contributed by atoms with van der Waals surface area (Å²) in [6.45, 7) is 0.0601. The minimum absolute atomic E-state index is 0.0433. The number of carboxylic acids is 1. The molecular formula is C13H9BrN2O5. The number of hydrogen-bond acceptors (Lipinski definition) is 5. The van der Waals surface area contributed by atoms with Gasteiger partial charge in [0, 0.05) is 28.4 Å². The summed E-state index contributed by atoms with van der Waals surface area (Å²) >= 11 is 3.22. The first-order valence-corrected chi connectivity index (χ1v) is 6.52. The maximum Gasteiger partial charge on any atom is 0.358 e. The van der Waals surface area contributed by atoms with Gasteiger partial charge in [0.2, 0.25) is 0 Å². The zero-order chi connectivity index (χ0) is 15.4. The molecule has 0 spiro atoms. The summed E-state index contributed by atoms with van der Waals surface area (Å²) in [6, 6.07) is 7.31. The van der Waals surface area contributed by atoms with E-state index in [-0.39, 0.29) is 23.7 Å². The molecular weight excluding hydrogens is 344 g/mol. The number of nitrogens with zero attached hydrogens (tertiary/aromatic N) is 2. The highest BCUT2D eigenvalue weighted by Crippen LogP contribution is 2.25. The average molecular weight is 353 g/mol. The minimum atomic E-state index is -1.19. The second-order valence-electron chi connectivity index (χ2n) is 3.98. The molecule has 0 saturated carbocycles. The van der Waals surface area contributed by atoms with Crippen LogP contribution in [-0.2, 0) is 6.61 Å². The molecule has 21 heavy (non-hydrogen) atoms. The van der Waals surface area contributed by atoms with Gasteiger partial charge in [-0.05, 0) is 18.2 Å². The van der Waals surface area contributed by atoms with Crippen molar-refractivity contribution >= 4 is 27.6 Å². The average Bonchev–Trinajstić information content (AvgIpc) is 2.46. The van der Waals surface area contributed by atoms with Crippen LogP contribution in [0.4, 0.5) is 5.69 Å². The quantitative estimate of drug-likeness (QED) is 0.655. The number of non-ortho nitro benzene ring substituents is 1. The van der Waals surface area contributed by atoms with Crippen LogP contribution in [0.5, 0.6) is 5.75 Å². The summed E-state index contributed by atoms with van der Waals surface area (Å²) in [4.78, 5) is 24.9. The van der Waals surface area contributed by atoms with Gasteiger partial charge in [-0.3, -0.25) is 10.1 Å². The van der Waals surface area contributed by atoms with E-state index in [9.17, 15) is 14.9 Å². The Bertz CT molecular complexity index is 705. The lowest BCUT2D eigenvalue weighted by Crippen LogP contribution is -2.06. The summed E-state index contributed by atoms with van der Waals surface area (Å²) in [5.41, 5.74) is 0.426. The Morgan fingerprint density at radius 3 is 2.81 bits per heavy atom. The lowest BCUT2D eigenvalue weighted by atomic mass is 10.2. The van der Waals surface area contributed by atoms with Gasteiger partial charge < -0.3 is 9.84 Å². The first-order valence-electron chi connectivity index (χ1n) is 5.73. The molecule has 0 aliphatic carbocycles. The summed E-state index contributed by atoms with van der Waals surface area (Å²) in [6.07, 6.45) is 1.36. The Hall–Kier alpha value is -2.48. The van der Waals surface area contributed by atoms with Gasteiger partial charge in [0.05, 0.1) is 4.92 Å². The molecule has 0 aliphatic rings. The molecule has 0 fully saturated rings. The number of hydrogen-bond donors (Lipinski definition) is 1. The Labute approximate surface area is 127 Å². The van der Waals surface area contributed by atoms with Gasteiger partial charge in [0.15, 0.2) is 11.4 Å². The highest BCUT2D eigenvalue weighted by atomic mass is 79.9. The fourth-order valence-electron chi connectivity index (χ4n) is 1.59. The van der Waals surface area contributed by atoms with E-state index >= 15 is 0 Å². The molecule has 2 rings (SSSR count). The number of aromatic nitrogens is 1. The molecule has 108 valence electrons. The van der Waals surface area contributed by atoms with Gasteiger partial charge in [-0.1, -0.05) is 15.9 Å². The number of carbonyl (C=O) groups is 1. The van der Waals surface area contributed by atoms with Crippen molar-refractivity contribution in [3.63, 3.8) is 0 Å². The molecule has 1 heterocycles. The van der Waals surface area contributed by atoms with Gasteiger partial charge in [-0.15, -0.1) is 0 Å². The SMILES string of the molecule is O=C(O)c1ncccc1OCc1ccc([N+](=O)[O-])cc1Br. The fraction of sp³-hybridized carbons (Fsp3) is 0.0769. The van der Waals surface area contributed by atoms with Crippen LogP contribution in [0.1, 0.15) is 16.1 Å². The third kappa shape index (κ3) is 3.54. The molecule has 7 nitrogen and oxygen atoms in total. The van der Waals surface area contributed by atoms with Crippen LogP contribution in [0.15, 0.2) is 41.0 Å². The zero-order valence-electron chi connectivity index (χ0n) is 10.5. The van der Waals surface area contributed by atoms with Gasteiger partial charge in [-0.2, -0.15) is 0 Å². The predicted molar refractivity (Wildman–Crippen MR) is 76.3 cm³/mol. The molecule has 2 aromatic rings. The van der Waals surface area contributed by atoms with Crippen LogP contribution >= 0.6 is 15.9 Å². The van der Waals surface area contributed by atoms with Crippen LogP contribution in [0.3, 0.4) is 0 Å². The van der Waals surface area contributed by atoms with Crippen molar-refractivity contribution < 1.29 is 19.6 Å². The van der Waals surface area contributed by atoms with Crippen molar-refractivity contribution in [2.24, 2.45) is 0 Å². The van der Waals surface area contributed by atoms with Gasteiger partial charge in [0.1, 0.15) is 6.61 Å². The molecule has 1 aromatic heterocycles. The van der Waals surface area contributed by atoms with Crippen LogP contribution in [0.2, 0.25) is 0 Å². The Kier molecular flexibility index (Phi) is 4.49. The highest BCUT2D eigenvalue weighted by molar-refractivity contribution is 9.10. The van der Waals surface area contributed by atoms with E-state index in [1.807, 2.05) is 0 Å². The Morgan fingerprint density at radius 1 is 1.43 bits per heavy atom. The van der Waals surface area contributed by atoms with Gasteiger partial charge in [-0.25, -0.2) is 9.78 Å². The van der Waals surface area contributed by atoms with E-state index < -0.39 is 10.9 Å². The van der Waals surface area contributed by atoms with Crippen LogP contribution in [-0.4, -0.2) is 21.0 Å². The van der Waals surface area contributed by atoms with Crippen LogP contribution < -0.4 is 4.74 Å². The number of pyridine rings is 1. The number of nitro benzene ring substituents is 1. The van der Waals surface area contributed by atoms with E-state index in [1.165, 1.54) is 24.4 Å². The highest BCUT2D eigenvalue weighted by Gasteiger charge is 2.14. The minimum Gasteiger partial charge on any atom is -0.486 e. The third-order valence-corrected chi connectivity index (χ3v) is 3.34. The summed E-state index contributed by atoms with van der Waals surface area (Å²) in [5.74, 6) is -1.05. The second kappa shape index (κ2) is 6.31. The summed E-state index contributed by atoms with van der Waals surface area (Å²) in [7, 11) is 0. The molecule has 0 atom stereocenters. The van der Waals surface area contributed by atoms with Crippen LogP contribution in [0.25, 0.3) is 0 Å². The monoisotopic (exact) mass is 352 g/mol. The lowest BCUT2D eigenvalue weighted by molar-refractivity contribution is -0.384. The zero-order valence-corrected chi connectivity index (χ0v) is 12.1. The number of aromatic carboxylic acids is 1. The standard InChI is InChI=1S/C13H9BrN2O5/c14-10-6-9(16(19)20)4-3-8(10)7-21-11-2-1-5-15-12(11)13(17)18/h1-6H,7H2,(H,17,18). The van der Waals surface area contributed by atoms with E-state index in [0.29, 0.717) is 10.0 Å². The summed E-state index contributed by atoms with van der Waals surface area (Å²) in [5, 5.41) is 19.6. The maximum absolute atomic E-state index is 11.0. The van der Waals surface area contributed by atoms with Gasteiger partial charge in [0.25, 0.3) is 5.69 Å². The molecule has 0 aliphatic heterocycles. The smallest absolute Gasteiger partial charge is 0.358 e. The van der Waals surface area contributed by atoms with E-state index in [2.05, 4.69) is 20.9 Å². The number of halogens is 1. The number of nitro groups is 1. The van der Waals surface area contributed by atoms with Crippen molar-refractivity contribution in [2.75, 3.05) is 0 Å². The lowest BCUT2D eigenvalue weighted by Gasteiger charge is -2.09. The van der Waals surface area contributed by atoms with Crippen molar-refractivity contribution in [2.45, 2.75) is 6.61 Å². The normalized spacial score (nSPS) is 10.1. The number of carboxylic acid groups (broad SMARTS) is 1. The van der Waals surface area contributed by atoms with E-state index in [4.69, 9.17) is 9.84 Å². The molecule has 0 unspecified atom stereocenters. The van der Waals surface area contributed by atoms with Crippen molar-refractivity contribution in [1.82, 2.24) is 4.98 Å². The van der Waals surface area contributed by atoms with E-state index in [0.717, 1.165) is 0 Å². The second-order valence-corrected chi connectivity index (χ2v) is 4.83. The Morgan fingerprint density at radius 2 is 2.19 bits per heavy atom. The van der Waals surface area contributed by atoms with Crippen molar-refractivity contribution in [3.05, 3.63) is 62.4 Å². The first kappa shape index (κ1) is 14.9. The number of benzene rings is 1. The van der Waals surface area contributed by atoms with Crippen molar-refractivity contribution in [1.29, 1.82) is 0 Å². The van der Waals surface area contributed by atoms with Gasteiger partial charge >= 0.3 is 5.97 Å². The molecule has 0 radical (unpaired) electrons. The predicted octanol–water partition coefficient (Wildman–Crippen LogP) is 3.03. The Balaban J connectivity index is 2.17. The number of rotatable bonds is 5. The molecule has 1 aromatic carbocycles. The van der Waals surface area contributed by atoms with Crippen molar-refractivity contribution in [3.8, 4) is 5.75 Å². The molecule has 8 heteroatoms. The molecule has 0 amide bonds. The molecule has 0 bridgehead atoms. The van der Waals surface area contributed by atoms with E-state index in [1.54, 1.807) is 12.1 Å².